The smallest absolute Gasteiger partial charge is 0.250 e. The van der Waals surface area contributed by atoms with E-state index in [-0.39, 0.29) is 19.6 Å². The quantitative estimate of drug-likeness (QED) is 0.595. The highest BCUT2D eigenvalue weighted by Gasteiger charge is 2.33. The van der Waals surface area contributed by atoms with Crippen molar-refractivity contribution in [2.24, 2.45) is 0 Å². The molecule has 1 aliphatic heterocycles. The molecule has 4 heteroatoms. The van der Waals surface area contributed by atoms with Crippen LogP contribution in [0.2, 0.25) is 0 Å². The lowest BCUT2D eigenvalue weighted by molar-refractivity contribution is -0.0688. The van der Waals surface area contributed by atoms with Crippen LogP contribution in [0.25, 0.3) is 0 Å². The molecule has 60 valence electrons. The van der Waals surface area contributed by atoms with E-state index in [9.17, 15) is 8.78 Å². The number of alkyl halides is 2. The van der Waals surface area contributed by atoms with Crippen LogP contribution in [-0.2, 0) is 0 Å². The molecule has 2 nitrogen and oxygen atoms in total. The second-order valence-corrected chi connectivity index (χ2v) is 2.62. The molecule has 0 amide bonds. The maximum atomic E-state index is 12.4. The van der Waals surface area contributed by atoms with Crippen molar-refractivity contribution >= 4 is 0 Å². The summed E-state index contributed by atoms with van der Waals surface area (Å²) in [7, 11) is 0. The molecule has 0 aliphatic carbocycles. The van der Waals surface area contributed by atoms with E-state index >= 15 is 0 Å². The highest BCUT2D eigenvalue weighted by atomic mass is 19.3. The molecule has 0 aromatic heterocycles. The third kappa shape index (κ3) is 1.88. The number of aliphatic hydroxyl groups excluding tert-OH is 1. The standard InChI is InChI=1S/C6H11F2NO/c7-6(8)1-3-9(5-10)4-2-6/h10H,1-5H2. The van der Waals surface area contributed by atoms with Gasteiger partial charge in [0.1, 0.15) is 0 Å². The van der Waals surface area contributed by atoms with E-state index in [1.165, 1.54) is 0 Å². The van der Waals surface area contributed by atoms with Gasteiger partial charge in [-0.3, -0.25) is 4.90 Å². The van der Waals surface area contributed by atoms with Crippen molar-refractivity contribution in [3.63, 3.8) is 0 Å². The van der Waals surface area contributed by atoms with Crippen LogP contribution < -0.4 is 0 Å². The summed E-state index contributed by atoms with van der Waals surface area (Å²) in [5.41, 5.74) is 0. The number of hydrogen-bond donors (Lipinski definition) is 1. The number of rotatable bonds is 1. The zero-order valence-electron chi connectivity index (χ0n) is 5.69. The molecule has 0 atom stereocenters. The lowest BCUT2D eigenvalue weighted by Crippen LogP contribution is -2.39. The van der Waals surface area contributed by atoms with Crippen LogP contribution in [-0.4, -0.2) is 35.7 Å². The molecule has 1 rings (SSSR count). The first-order valence-corrected chi connectivity index (χ1v) is 3.35. The first-order chi connectivity index (χ1) is 4.64. The Hall–Kier alpha value is -0.220. The second-order valence-electron chi connectivity index (χ2n) is 2.62. The van der Waals surface area contributed by atoms with Crippen molar-refractivity contribution in [1.29, 1.82) is 0 Å². The first-order valence-electron chi connectivity index (χ1n) is 3.35. The van der Waals surface area contributed by atoms with Gasteiger partial charge in [-0.15, -0.1) is 0 Å². The molecular formula is C6H11F2NO. The zero-order chi connectivity index (χ0) is 7.61. The van der Waals surface area contributed by atoms with E-state index in [1.54, 1.807) is 4.90 Å². The fourth-order valence-electron chi connectivity index (χ4n) is 1.02. The summed E-state index contributed by atoms with van der Waals surface area (Å²) >= 11 is 0. The van der Waals surface area contributed by atoms with E-state index in [0.717, 1.165) is 0 Å². The van der Waals surface area contributed by atoms with Crippen LogP contribution in [0.1, 0.15) is 12.8 Å². The molecular weight excluding hydrogens is 140 g/mol. The van der Waals surface area contributed by atoms with Gasteiger partial charge in [0, 0.05) is 25.9 Å². The van der Waals surface area contributed by atoms with Crippen molar-refractivity contribution in [1.82, 2.24) is 4.90 Å². The lowest BCUT2D eigenvalue weighted by Gasteiger charge is -2.29. The van der Waals surface area contributed by atoms with Gasteiger partial charge in [-0.05, 0) is 0 Å². The van der Waals surface area contributed by atoms with Gasteiger partial charge in [0.2, 0.25) is 0 Å². The van der Waals surface area contributed by atoms with E-state index in [2.05, 4.69) is 0 Å². The summed E-state index contributed by atoms with van der Waals surface area (Å²) in [6.45, 7) is 0.517. The Bertz CT molecular complexity index is 108. The van der Waals surface area contributed by atoms with Crippen LogP contribution in [0.5, 0.6) is 0 Å². The summed E-state index contributed by atoms with van der Waals surface area (Å²) < 4.78 is 24.8. The summed E-state index contributed by atoms with van der Waals surface area (Å²) in [6.07, 6.45) is -0.235. The highest BCUT2D eigenvalue weighted by Crippen LogP contribution is 2.26. The minimum Gasteiger partial charge on any atom is -0.381 e. The molecule has 0 spiro atoms. The van der Waals surface area contributed by atoms with Crippen LogP contribution in [0.3, 0.4) is 0 Å². The van der Waals surface area contributed by atoms with Crippen molar-refractivity contribution < 1.29 is 13.9 Å². The minimum absolute atomic E-state index is 0.101. The molecule has 0 aromatic rings. The summed E-state index contributed by atoms with van der Waals surface area (Å²) in [5, 5.41) is 8.54. The normalized spacial score (nSPS) is 26.7. The van der Waals surface area contributed by atoms with Crippen molar-refractivity contribution in [3.8, 4) is 0 Å². The van der Waals surface area contributed by atoms with E-state index < -0.39 is 5.92 Å². The van der Waals surface area contributed by atoms with E-state index in [4.69, 9.17) is 5.11 Å². The fourth-order valence-corrected chi connectivity index (χ4v) is 1.02. The third-order valence-electron chi connectivity index (χ3n) is 1.79. The van der Waals surface area contributed by atoms with Gasteiger partial charge in [0.05, 0.1) is 6.73 Å². The van der Waals surface area contributed by atoms with Gasteiger partial charge in [0.25, 0.3) is 5.92 Å². The highest BCUT2D eigenvalue weighted by molar-refractivity contribution is 4.75. The van der Waals surface area contributed by atoms with Gasteiger partial charge in [-0.2, -0.15) is 0 Å². The zero-order valence-corrected chi connectivity index (χ0v) is 5.69. The Kier molecular flexibility index (Phi) is 2.21. The van der Waals surface area contributed by atoms with Crippen LogP contribution >= 0.6 is 0 Å². The Morgan fingerprint density at radius 2 is 1.80 bits per heavy atom. The maximum absolute atomic E-state index is 12.4. The van der Waals surface area contributed by atoms with Gasteiger partial charge in [-0.1, -0.05) is 0 Å². The Morgan fingerprint density at radius 1 is 1.30 bits per heavy atom. The van der Waals surface area contributed by atoms with Crippen LogP contribution in [0.15, 0.2) is 0 Å². The van der Waals surface area contributed by atoms with E-state index in [0.29, 0.717) is 13.1 Å². The number of aliphatic hydroxyl groups is 1. The molecule has 1 heterocycles. The average Bonchev–Trinajstić information content (AvgIpc) is 1.88. The topological polar surface area (TPSA) is 23.5 Å². The van der Waals surface area contributed by atoms with E-state index in [1.807, 2.05) is 0 Å². The number of nitrogens with zero attached hydrogens (tertiary/aromatic N) is 1. The molecule has 10 heavy (non-hydrogen) atoms. The Morgan fingerprint density at radius 3 is 2.20 bits per heavy atom. The fraction of sp³-hybridized carbons (Fsp3) is 1.00. The molecule has 1 N–H and O–H groups in total. The van der Waals surface area contributed by atoms with Crippen molar-refractivity contribution in [2.45, 2.75) is 18.8 Å². The van der Waals surface area contributed by atoms with Crippen LogP contribution in [0.4, 0.5) is 8.78 Å². The SMILES string of the molecule is OCN1CCC(F)(F)CC1. The van der Waals surface area contributed by atoms with Gasteiger partial charge in [0.15, 0.2) is 0 Å². The predicted molar refractivity (Wildman–Crippen MR) is 32.8 cm³/mol. The third-order valence-corrected chi connectivity index (χ3v) is 1.79. The molecule has 0 unspecified atom stereocenters. The molecule has 0 bridgehead atoms. The van der Waals surface area contributed by atoms with Gasteiger partial charge >= 0.3 is 0 Å². The largest absolute Gasteiger partial charge is 0.381 e. The van der Waals surface area contributed by atoms with Crippen LogP contribution in [0, 0.1) is 0 Å². The molecule has 0 aromatic carbocycles. The Labute approximate surface area is 58.4 Å². The molecule has 0 saturated carbocycles. The minimum atomic E-state index is -2.49. The second kappa shape index (κ2) is 2.80. The first kappa shape index (κ1) is 7.88. The Balaban J connectivity index is 2.31. The number of piperidine rings is 1. The maximum Gasteiger partial charge on any atom is 0.250 e. The molecule has 1 aliphatic rings. The monoisotopic (exact) mass is 151 g/mol. The number of hydrogen-bond acceptors (Lipinski definition) is 2. The van der Waals surface area contributed by atoms with Crippen molar-refractivity contribution in [3.05, 3.63) is 0 Å². The average molecular weight is 151 g/mol. The molecule has 1 fully saturated rings. The number of likely N-dealkylation sites (tertiary alicyclic amines) is 1. The summed E-state index contributed by atoms with van der Waals surface area (Å²) in [4.78, 5) is 1.61. The predicted octanol–water partition coefficient (Wildman–Crippen LogP) is 0.667. The summed E-state index contributed by atoms with van der Waals surface area (Å²) in [6, 6.07) is 0. The number of halogens is 2. The molecule has 0 radical (unpaired) electrons. The summed E-state index contributed by atoms with van der Waals surface area (Å²) in [5.74, 6) is -2.49. The molecule has 1 saturated heterocycles. The lowest BCUT2D eigenvalue weighted by atomic mass is 10.1. The van der Waals surface area contributed by atoms with Gasteiger partial charge < -0.3 is 5.11 Å². The van der Waals surface area contributed by atoms with Crippen molar-refractivity contribution in [2.75, 3.05) is 19.8 Å². The van der Waals surface area contributed by atoms with Gasteiger partial charge in [-0.25, -0.2) is 8.78 Å².